The molecule has 2 unspecified atom stereocenters. The van der Waals surface area contributed by atoms with Crippen LogP contribution in [0, 0.1) is 0 Å². The highest BCUT2D eigenvalue weighted by Crippen LogP contribution is 2.37. The first kappa shape index (κ1) is 8.52. The number of nitrogens with one attached hydrogen (secondary N) is 1. The normalized spacial score (nSPS) is 46.5. The summed E-state index contributed by atoms with van der Waals surface area (Å²) in [5.74, 6) is 0. The predicted octanol–water partition coefficient (Wildman–Crippen LogP) is 1.70. The molecule has 2 aliphatic rings. The van der Waals surface area contributed by atoms with Crippen molar-refractivity contribution in [1.82, 2.24) is 5.32 Å². The van der Waals surface area contributed by atoms with E-state index in [1.165, 1.54) is 25.7 Å². The number of fused-ring (bicyclic) bond motifs is 2. The minimum atomic E-state index is 0.205. The Morgan fingerprint density at radius 2 is 1.92 bits per heavy atom. The molecule has 1 N–H and O–H groups in total. The first-order valence-corrected chi connectivity index (χ1v) is 5.09. The van der Waals surface area contributed by atoms with Gasteiger partial charge in [0.1, 0.15) is 0 Å². The zero-order valence-corrected chi connectivity index (χ0v) is 8.10. The van der Waals surface area contributed by atoms with E-state index in [4.69, 9.17) is 4.74 Å². The van der Waals surface area contributed by atoms with Crippen LogP contribution in [0.15, 0.2) is 0 Å². The summed E-state index contributed by atoms with van der Waals surface area (Å²) in [6, 6.07) is 1.48. The van der Waals surface area contributed by atoms with Gasteiger partial charge < -0.3 is 10.1 Å². The third-order valence-electron chi connectivity index (χ3n) is 3.65. The number of hydrogen-bond donors (Lipinski definition) is 1. The van der Waals surface area contributed by atoms with Crippen molar-refractivity contribution in [3.63, 3.8) is 0 Å². The Morgan fingerprint density at radius 3 is 2.33 bits per heavy atom. The molecule has 2 heterocycles. The second-order valence-electron chi connectivity index (χ2n) is 4.29. The SMILES string of the molecule is CCC1(OC)CC2CCC(C1)N2. The van der Waals surface area contributed by atoms with E-state index < -0.39 is 0 Å². The fraction of sp³-hybridized carbons (Fsp3) is 1.00. The molecule has 2 nitrogen and oxygen atoms in total. The van der Waals surface area contributed by atoms with Crippen molar-refractivity contribution in [2.45, 2.75) is 56.7 Å². The van der Waals surface area contributed by atoms with Crippen LogP contribution < -0.4 is 5.32 Å². The molecule has 0 amide bonds. The van der Waals surface area contributed by atoms with E-state index in [1.807, 2.05) is 7.11 Å². The van der Waals surface area contributed by atoms with Crippen LogP contribution in [0.2, 0.25) is 0 Å². The van der Waals surface area contributed by atoms with E-state index in [0.29, 0.717) is 0 Å². The maximum absolute atomic E-state index is 5.67. The van der Waals surface area contributed by atoms with Gasteiger partial charge in [0.2, 0.25) is 0 Å². The number of hydrogen-bond acceptors (Lipinski definition) is 2. The molecule has 0 spiro atoms. The maximum Gasteiger partial charge on any atom is 0.0705 e. The lowest BCUT2D eigenvalue weighted by molar-refractivity contribution is -0.0497. The average Bonchev–Trinajstić information content (AvgIpc) is 2.46. The molecule has 2 fully saturated rings. The summed E-state index contributed by atoms with van der Waals surface area (Å²) in [6.07, 6.45) is 6.32. The Hall–Kier alpha value is -0.0800. The van der Waals surface area contributed by atoms with Gasteiger partial charge in [0, 0.05) is 19.2 Å². The predicted molar refractivity (Wildman–Crippen MR) is 49.2 cm³/mol. The molecular formula is C10H19NO. The van der Waals surface area contributed by atoms with Crippen molar-refractivity contribution in [2.75, 3.05) is 7.11 Å². The van der Waals surface area contributed by atoms with E-state index in [1.54, 1.807) is 0 Å². The van der Waals surface area contributed by atoms with Crippen LogP contribution >= 0.6 is 0 Å². The molecule has 2 atom stereocenters. The first-order valence-electron chi connectivity index (χ1n) is 5.09. The monoisotopic (exact) mass is 169 g/mol. The molecule has 2 heteroatoms. The molecular weight excluding hydrogens is 150 g/mol. The summed E-state index contributed by atoms with van der Waals surface area (Å²) in [6.45, 7) is 2.24. The molecule has 2 bridgehead atoms. The van der Waals surface area contributed by atoms with Crippen molar-refractivity contribution >= 4 is 0 Å². The highest BCUT2D eigenvalue weighted by molar-refractivity contribution is 5.00. The van der Waals surface area contributed by atoms with E-state index in [0.717, 1.165) is 18.5 Å². The Kier molecular flexibility index (Phi) is 2.13. The Bertz CT molecular complexity index is 151. The second-order valence-corrected chi connectivity index (χ2v) is 4.29. The van der Waals surface area contributed by atoms with Gasteiger partial charge in [-0.1, -0.05) is 6.92 Å². The van der Waals surface area contributed by atoms with Gasteiger partial charge in [0.25, 0.3) is 0 Å². The second kappa shape index (κ2) is 3.00. The summed E-state index contributed by atoms with van der Waals surface area (Å²) >= 11 is 0. The molecule has 12 heavy (non-hydrogen) atoms. The fourth-order valence-corrected chi connectivity index (χ4v) is 2.81. The summed E-state index contributed by atoms with van der Waals surface area (Å²) in [5, 5.41) is 3.63. The zero-order valence-electron chi connectivity index (χ0n) is 8.10. The van der Waals surface area contributed by atoms with Crippen molar-refractivity contribution in [1.29, 1.82) is 0 Å². The van der Waals surface area contributed by atoms with Gasteiger partial charge >= 0.3 is 0 Å². The lowest BCUT2D eigenvalue weighted by Crippen LogP contribution is -2.49. The molecule has 0 aromatic carbocycles. The standard InChI is InChI=1S/C10H19NO/c1-3-10(12-2)6-8-4-5-9(7-10)11-8/h8-9,11H,3-7H2,1-2H3. The lowest BCUT2D eigenvalue weighted by Gasteiger charge is -2.39. The van der Waals surface area contributed by atoms with E-state index in [-0.39, 0.29) is 5.60 Å². The summed E-state index contributed by atoms with van der Waals surface area (Å²) < 4.78 is 5.67. The summed E-state index contributed by atoms with van der Waals surface area (Å²) in [7, 11) is 1.87. The van der Waals surface area contributed by atoms with Gasteiger partial charge in [-0.2, -0.15) is 0 Å². The van der Waals surface area contributed by atoms with Crippen molar-refractivity contribution in [3.8, 4) is 0 Å². The number of rotatable bonds is 2. The molecule has 0 aliphatic carbocycles. The number of methoxy groups -OCH3 is 1. The molecule has 2 aliphatic heterocycles. The molecule has 0 aromatic rings. The van der Waals surface area contributed by atoms with E-state index in [9.17, 15) is 0 Å². The van der Waals surface area contributed by atoms with E-state index >= 15 is 0 Å². The molecule has 70 valence electrons. The fourth-order valence-electron chi connectivity index (χ4n) is 2.81. The van der Waals surface area contributed by atoms with Crippen molar-refractivity contribution in [2.24, 2.45) is 0 Å². The Labute approximate surface area is 74.7 Å². The highest BCUT2D eigenvalue weighted by Gasteiger charge is 2.42. The third kappa shape index (κ3) is 1.27. The molecule has 0 saturated carbocycles. The lowest BCUT2D eigenvalue weighted by atomic mass is 9.85. The van der Waals surface area contributed by atoms with Crippen LogP contribution in [0.3, 0.4) is 0 Å². The smallest absolute Gasteiger partial charge is 0.0705 e. The molecule has 2 saturated heterocycles. The van der Waals surface area contributed by atoms with Crippen LogP contribution in [0.25, 0.3) is 0 Å². The summed E-state index contributed by atoms with van der Waals surface area (Å²) in [4.78, 5) is 0. The number of piperidine rings is 1. The number of ether oxygens (including phenoxy) is 1. The van der Waals surface area contributed by atoms with Gasteiger partial charge in [0.05, 0.1) is 5.60 Å². The van der Waals surface area contributed by atoms with Gasteiger partial charge in [-0.15, -0.1) is 0 Å². The quantitative estimate of drug-likeness (QED) is 0.679. The summed E-state index contributed by atoms with van der Waals surface area (Å²) in [5.41, 5.74) is 0.205. The topological polar surface area (TPSA) is 21.3 Å². The van der Waals surface area contributed by atoms with E-state index in [2.05, 4.69) is 12.2 Å². The zero-order chi connectivity index (χ0) is 8.60. The van der Waals surface area contributed by atoms with Gasteiger partial charge in [0.15, 0.2) is 0 Å². The minimum Gasteiger partial charge on any atom is -0.378 e. The van der Waals surface area contributed by atoms with Crippen LogP contribution in [-0.2, 0) is 4.74 Å². The largest absolute Gasteiger partial charge is 0.378 e. The first-order chi connectivity index (χ1) is 5.78. The third-order valence-corrected chi connectivity index (χ3v) is 3.65. The van der Waals surface area contributed by atoms with Crippen molar-refractivity contribution in [3.05, 3.63) is 0 Å². The molecule has 2 rings (SSSR count). The highest BCUT2D eigenvalue weighted by atomic mass is 16.5. The van der Waals surface area contributed by atoms with Crippen LogP contribution in [0.4, 0.5) is 0 Å². The molecule has 0 radical (unpaired) electrons. The van der Waals surface area contributed by atoms with Gasteiger partial charge in [-0.25, -0.2) is 0 Å². The van der Waals surface area contributed by atoms with Crippen LogP contribution in [-0.4, -0.2) is 24.8 Å². The van der Waals surface area contributed by atoms with Crippen LogP contribution in [0.1, 0.15) is 39.0 Å². The van der Waals surface area contributed by atoms with Crippen LogP contribution in [0.5, 0.6) is 0 Å². The minimum absolute atomic E-state index is 0.205. The average molecular weight is 169 g/mol. The van der Waals surface area contributed by atoms with Gasteiger partial charge in [-0.05, 0) is 32.1 Å². The van der Waals surface area contributed by atoms with Gasteiger partial charge in [-0.3, -0.25) is 0 Å². The van der Waals surface area contributed by atoms with Crippen molar-refractivity contribution < 1.29 is 4.74 Å². The molecule has 0 aromatic heterocycles. The maximum atomic E-state index is 5.67. The Morgan fingerprint density at radius 1 is 1.33 bits per heavy atom. The Balaban J connectivity index is 2.08.